The van der Waals surface area contributed by atoms with Gasteiger partial charge >= 0.3 is 0 Å². The van der Waals surface area contributed by atoms with E-state index in [-0.39, 0.29) is 0 Å². The summed E-state index contributed by atoms with van der Waals surface area (Å²) >= 11 is 5.38. The number of thiophene rings is 1. The Morgan fingerprint density at radius 2 is 1.90 bits per heavy atom. The molecule has 0 radical (unpaired) electrons. The lowest BCUT2D eigenvalue weighted by atomic mass is 9.94. The third kappa shape index (κ3) is 6.33. The van der Waals surface area contributed by atoms with Crippen LogP contribution < -0.4 is 5.32 Å². The third-order valence-electron chi connectivity index (χ3n) is 3.63. The maximum Gasteiger partial charge on any atom is 0.0175 e. The minimum absolute atomic E-state index is 0.555. The van der Waals surface area contributed by atoms with Gasteiger partial charge in [0.25, 0.3) is 0 Å². The Kier molecular flexibility index (Phi) is 6.94. The Bertz CT molecular complexity index is 505. The van der Waals surface area contributed by atoms with Crippen LogP contribution in [0, 0.1) is 5.92 Å². The standard InChI is InChI=1S/C18H24BrNS/c1-14(2)20-13-16(7-10-18-4-3-11-21-18)12-15-5-8-17(19)9-6-15/h3-6,8-9,11,14,16,20H,7,10,12-13H2,1-2H3. The first-order chi connectivity index (χ1) is 10.1. The zero-order chi connectivity index (χ0) is 15.1. The Morgan fingerprint density at radius 1 is 1.14 bits per heavy atom. The Morgan fingerprint density at radius 3 is 2.52 bits per heavy atom. The highest BCUT2D eigenvalue weighted by Crippen LogP contribution is 2.19. The Balaban J connectivity index is 1.92. The first kappa shape index (κ1) is 16.7. The quantitative estimate of drug-likeness (QED) is 0.668. The van der Waals surface area contributed by atoms with Crippen molar-refractivity contribution in [2.75, 3.05) is 6.54 Å². The van der Waals surface area contributed by atoms with Crippen LogP contribution in [-0.4, -0.2) is 12.6 Å². The van der Waals surface area contributed by atoms with Crippen molar-refractivity contribution in [3.05, 3.63) is 56.7 Å². The van der Waals surface area contributed by atoms with Crippen LogP contribution in [0.15, 0.2) is 46.3 Å². The molecule has 0 saturated carbocycles. The molecule has 114 valence electrons. The summed E-state index contributed by atoms with van der Waals surface area (Å²) in [4.78, 5) is 1.50. The number of nitrogens with one attached hydrogen (secondary N) is 1. The number of hydrogen-bond donors (Lipinski definition) is 1. The van der Waals surface area contributed by atoms with Gasteiger partial charge < -0.3 is 5.32 Å². The van der Waals surface area contributed by atoms with E-state index in [1.165, 1.54) is 23.3 Å². The lowest BCUT2D eigenvalue weighted by Crippen LogP contribution is -2.30. The van der Waals surface area contributed by atoms with Gasteiger partial charge in [-0.2, -0.15) is 0 Å². The average molecular weight is 366 g/mol. The van der Waals surface area contributed by atoms with E-state index in [2.05, 4.69) is 76.9 Å². The number of benzene rings is 1. The molecule has 1 unspecified atom stereocenters. The predicted molar refractivity (Wildman–Crippen MR) is 97.1 cm³/mol. The molecule has 0 spiro atoms. The van der Waals surface area contributed by atoms with Gasteiger partial charge in [-0.25, -0.2) is 0 Å². The van der Waals surface area contributed by atoms with E-state index >= 15 is 0 Å². The van der Waals surface area contributed by atoms with Gasteiger partial charge in [0.15, 0.2) is 0 Å². The summed E-state index contributed by atoms with van der Waals surface area (Å²) in [5.41, 5.74) is 1.43. The molecule has 1 aromatic carbocycles. The van der Waals surface area contributed by atoms with Gasteiger partial charge in [0, 0.05) is 15.4 Å². The Labute approximate surface area is 140 Å². The van der Waals surface area contributed by atoms with Crippen LogP contribution in [0.2, 0.25) is 0 Å². The van der Waals surface area contributed by atoms with Gasteiger partial charge in [-0.1, -0.05) is 48.0 Å². The monoisotopic (exact) mass is 365 g/mol. The first-order valence-corrected chi connectivity index (χ1v) is 9.31. The molecule has 0 aliphatic rings. The molecule has 2 aromatic rings. The van der Waals surface area contributed by atoms with Crippen molar-refractivity contribution in [3.8, 4) is 0 Å². The second-order valence-corrected chi connectivity index (χ2v) is 7.83. The molecule has 21 heavy (non-hydrogen) atoms. The number of aryl methyl sites for hydroxylation is 1. The summed E-state index contributed by atoms with van der Waals surface area (Å²) in [6, 6.07) is 13.7. The molecule has 0 bridgehead atoms. The maximum absolute atomic E-state index is 3.60. The van der Waals surface area contributed by atoms with Gasteiger partial charge in [-0.3, -0.25) is 0 Å². The van der Waals surface area contributed by atoms with Gasteiger partial charge in [0.05, 0.1) is 0 Å². The lowest BCUT2D eigenvalue weighted by Gasteiger charge is -2.19. The lowest BCUT2D eigenvalue weighted by molar-refractivity contribution is 0.423. The molecule has 0 saturated heterocycles. The SMILES string of the molecule is CC(C)NCC(CCc1cccs1)Cc1ccc(Br)cc1. The van der Waals surface area contributed by atoms with Crippen molar-refractivity contribution in [2.24, 2.45) is 5.92 Å². The van der Waals surface area contributed by atoms with E-state index in [4.69, 9.17) is 0 Å². The van der Waals surface area contributed by atoms with Crippen molar-refractivity contribution < 1.29 is 0 Å². The van der Waals surface area contributed by atoms with E-state index in [1.807, 2.05) is 11.3 Å². The fourth-order valence-electron chi connectivity index (χ4n) is 2.43. The van der Waals surface area contributed by atoms with Crippen LogP contribution in [0.25, 0.3) is 0 Å². The molecular formula is C18H24BrNS. The molecule has 2 rings (SSSR count). The topological polar surface area (TPSA) is 12.0 Å². The maximum atomic E-state index is 3.60. The fraction of sp³-hybridized carbons (Fsp3) is 0.444. The van der Waals surface area contributed by atoms with Crippen molar-refractivity contribution in [1.29, 1.82) is 0 Å². The zero-order valence-corrected chi connectivity index (χ0v) is 15.2. The first-order valence-electron chi connectivity index (χ1n) is 7.63. The fourth-order valence-corrected chi connectivity index (χ4v) is 3.42. The molecule has 0 aliphatic carbocycles. The van der Waals surface area contributed by atoms with Crippen LogP contribution in [0.1, 0.15) is 30.7 Å². The number of halogens is 1. The molecule has 1 nitrogen and oxygen atoms in total. The molecule has 0 amide bonds. The third-order valence-corrected chi connectivity index (χ3v) is 5.10. The van der Waals surface area contributed by atoms with Crippen LogP contribution in [0.3, 0.4) is 0 Å². The van der Waals surface area contributed by atoms with E-state index in [0.717, 1.165) is 17.4 Å². The molecule has 0 aliphatic heterocycles. The smallest absolute Gasteiger partial charge is 0.0175 e. The molecule has 3 heteroatoms. The highest BCUT2D eigenvalue weighted by Gasteiger charge is 2.11. The summed E-state index contributed by atoms with van der Waals surface area (Å²) in [7, 11) is 0. The van der Waals surface area contributed by atoms with Crippen molar-refractivity contribution in [2.45, 2.75) is 39.2 Å². The van der Waals surface area contributed by atoms with Crippen molar-refractivity contribution in [3.63, 3.8) is 0 Å². The van der Waals surface area contributed by atoms with Crippen LogP contribution in [0.5, 0.6) is 0 Å². The van der Waals surface area contributed by atoms with Crippen LogP contribution >= 0.6 is 27.3 Å². The van der Waals surface area contributed by atoms with Gasteiger partial charge in [-0.15, -0.1) is 11.3 Å². The molecular weight excluding hydrogens is 342 g/mol. The summed E-state index contributed by atoms with van der Waals surface area (Å²) < 4.78 is 1.15. The van der Waals surface area contributed by atoms with Gasteiger partial charge in [0.2, 0.25) is 0 Å². The summed E-state index contributed by atoms with van der Waals surface area (Å²) in [5, 5.41) is 5.77. The largest absolute Gasteiger partial charge is 0.314 e. The minimum Gasteiger partial charge on any atom is -0.314 e. The second-order valence-electron chi connectivity index (χ2n) is 5.88. The summed E-state index contributed by atoms with van der Waals surface area (Å²) in [6.45, 7) is 5.53. The van der Waals surface area contributed by atoms with Crippen molar-refractivity contribution in [1.82, 2.24) is 5.32 Å². The minimum atomic E-state index is 0.555. The summed E-state index contributed by atoms with van der Waals surface area (Å²) in [5.74, 6) is 0.690. The zero-order valence-electron chi connectivity index (χ0n) is 12.8. The van der Waals surface area contributed by atoms with Crippen LogP contribution in [0.4, 0.5) is 0 Å². The van der Waals surface area contributed by atoms with Crippen molar-refractivity contribution >= 4 is 27.3 Å². The molecule has 1 atom stereocenters. The highest BCUT2D eigenvalue weighted by atomic mass is 79.9. The molecule has 0 fully saturated rings. The van der Waals surface area contributed by atoms with Crippen LogP contribution in [-0.2, 0) is 12.8 Å². The predicted octanol–water partition coefficient (Wildman–Crippen LogP) is 5.30. The molecule has 1 N–H and O–H groups in total. The van der Waals surface area contributed by atoms with E-state index in [1.54, 1.807) is 0 Å². The molecule has 1 aromatic heterocycles. The normalized spacial score (nSPS) is 12.8. The summed E-state index contributed by atoms with van der Waals surface area (Å²) in [6.07, 6.45) is 3.59. The van der Waals surface area contributed by atoms with Gasteiger partial charge in [0.1, 0.15) is 0 Å². The van der Waals surface area contributed by atoms with E-state index in [9.17, 15) is 0 Å². The van der Waals surface area contributed by atoms with Gasteiger partial charge in [-0.05, 0) is 60.9 Å². The number of hydrogen-bond acceptors (Lipinski definition) is 2. The Hall–Kier alpha value is -0.640. The average Bonchev–Trinajstić information content (AvgIpc) is 2.97. The van der Waals surface area contributed by atoms with E-state index < -0.39 is 0 Å². The number of rotatable bonds is 8. The second kappa shape index (κ2) is 8.72. The highest BCUT2D eigenvalue weighted by molar-refractivity contribution is 9.10. The van der Waals surface area contributed by atoms with E-state index in [0.29, 0.717) is 12.0 Å². The molecule has 1 heterocycles.